The van der Waals surface area contributed by atoms with Crippen molar-refractivity contribution in [3.8, 4) is 0 Å². The molecule has 0 bridgehead atoms. The largest absolute Gasteiger partial charge is 0.481 e. The smallest absolute Gasteiger partial charge is 0.408 e. The van der Waals surface area contributed by atoms with Gasteiger partial charge in [0.1, 0.15) is 6.54 Å². The molecule has 1 fully saturated rings. The number of aliphatic carboxylic acids is 2. The van der Waals surface area contributed by atoms with E-state index in [2.05, 4.69) is 5.32 Å². The zero-order valence-corrected chi connectivity index (χ0v) is 16.7. The molecule has 0 spiro atoms. The number of carbonyl (C=O) groups is 5. The molecule has 3 atom stereocenters. The van der Waals surface area contributed by atoms with Crippen molar-refractivity contribution in [1.82, 2.24) is 15.1 Å². The molecule has 0 aromatic heterocycles. The summed E-state index contributed by atoms with van der Waals surface area (Å²) in [6.07, 6.45) is -3.20. The third-order valence-electron chi connectivity index (χ3n) is 4.56. The van der Waals surface area contributed by atoms with Gasteiger partial charge in [0.2, 0.25) is 5.91 Å². The molecule has 0 aromatic carbocycles. The molecule has 0 aromatic rings. The highest BCUT2D eigenvalue weighted by Gasteiger charge is 2.43. The lowest BCUT2D eigenvalue weighted by atomic mass is 9.80. The lowest BCUT2D eigenvalue weighted by molar-refractivity contribution is -0.139. The second kappa shape index (κ2) is 12.4. The fourth-order valence-corrected chi connectivity index (χ4v) is 3.36. The molecule has 3 amide bonds. The number of nitrogens with zero attached hydrogens (tertiary/aromatic N) is 2. The Morgan fingerprint density at radius 2 is 1.41 bits per heavy atom. The van der Waals surface area contributed by atoms with Crippen LogP contribution >= 0.6 is 0 Å². The Morgan fingerprint density at radius 1 is 0.862 bits per heavy atom. The number of hydrogen-bond acceptors (Lipinski definition) is 5. The number of amides is 3. The van der Waals surface area contributed by atoms with Crippen LogP contribution in [0.4, 0.5) is 9.59 Å². The molecule has 29 heavy (non-hydrogen) atoms. The van der Waals surface area contributed by atoms with E-state index in [9.17, 15) is 34.2 Å². The van der Waals surface area contributed by atoms with Gasteiger partial charge in [0.05, 0.1) is 18.5 Å². The molecule has 0 heterocycles. The quantitative estimate of drug-likeness (QED) is 0.380. The molecule has 12 nitrogen and oxygen atoms in total. The minimum absolute atomic E-state index is 0.0687. The molecule has 3 unspecified atom stereocenters. The van der Waals surface area contributed by atoms with E-state index in [1.165, 1.54) is 7.05 Å². The van der Waals surface area contributed by atoms with Crippen molar-refractivity contribution in [3.63, 3.8) is 0 Å². The second-order valence-electron chi connectivity index (χ2n) is 6.18. The maximum atomic E-state index is 12.0. The first-order chi connectivity index (χ1) is 13.6. The standard InChI is InChI=1S/C15H23N3O9.C2H6/c1-16-13(23)8-2-3-9(17(14(24)25)5-4-11(19)20)10(6-8)18(15(26)27)7-12(21)22;1-2/h8-10H,2-7H2,1H3,(H,16,23)(H,19,20)(H,21,22)(H,24,25)(H,26,27);1-2H3. The van der Waals surface area contributed by atoms with E-state index in [0.29, 0.717) is 4.90 Å². The van der Waals surface area contributed by atoms with Crippen molar-refractivity contribution in [1.29, 1.82) is 0 Å². The number of nitrogens with one attached hydrogen (secondary N) is 1. The number of carboxylic acid groups (broad SMARTS) is 4. The summed E-state index contributed by atoms with van der Waals surface area (Å²) in [5.74, 6) is -3.61. The Balaban J connectivity index is 0.00000379. The normalized spacial score (nSPS) is 20.4. The van der Waals surface area contributed by atoms with Gasteiger partial charge >= 0.3 is 24.1 Å². The fourth-order valence-electron chi connectivity index (χ4n) is 3.36. The summed E-state index contributed by atoms with van der Waals surface area (Å²) in [6, 6.07) is -2.06. The average molecular weight is 419 g/mol. The van der Waals surface area contributed by atoms with Crippen LogP contribution in [0.2, 0.25) is 0 Å². The summed E-state index contributed by atoms with van der Waals surface area (Å²) in [5.41, 5.74) is 0. The van der Waals surface area contributed by atoms with Crippen molar-refractivity contribution in [3.05, 3.63) is 0 Å². The van der Waals surface area contributed by atoms with Crippen molar-refractivity contribution < 1.29 is 44.4 Å². The zero-order valence-electron chi connectivity index (χ0n) is 16.7. The van der Waals surface area contributed by atoms with Gasteiger partial charge in [0, 0.05) is 19.5 Å². The molecule has 166 valence electrons. The highest BCUT2D eigenvalue weighted by Crippen LogP contribution is 2.32. The fraction of sp³-hybridized carbons (Fsp3) is 0.706. The molecule has 1 aliphatic rings. The summed E-state index contributed by atoms with van der Waals surface area (Å²) in [5, 5.41) is 39.1. The molecule has 1 saturated carbocycles. The Hall–Kier alpha value is -3.05. The van der Waals surface area contributed by atoms with Crippen LogP contribution < -0.4 is 5.32 Å². The summed E-state index contributed by atoms with van der Waals surface area (Å²) < 4.78 is 0. The number of carbonyl (C=O) groups excluding carboxylic acids is 1. The molecule has 1 rings (SSSR count). The lowest BCUT2D eigenvalue weighted by Crippen LogP contribution is -2.59. The highest BCUT2D eigenvalue weighted by atomic mass is 16.4. The minimum Gasteiger partial charge on any atom is -0.481 e. The highest BCUT2D eigenvalue weighted by molar-refractivity contribution is 5.79. The van der Waals surface area contributed by atoms with Gasteiger partial charge in [0.15, 0.2) is 0 Å². The van der Waals surface area contributed by atoms with Crippen molar-refractivity contribution in [2.75, 3.05) is 20.1 Å². The average Bonchev–Trinajstić information content (AvgIpc) is 2.66. The third kappa shape index (κ3) is 7.84. The third-order valence-corrected chi connectivity index (χ3v) is 4.56. The van der Waals surface area contributed by atoms with Crippen molar-refractivity contribution >= 4 is 30.0 Å². The van der Waals surface area contributed by atoms with Crippen LogP contribution in [0, 0.1) is 5.92 Å². The zero-order chi connectivity index (χ0) is 22.7. The van der Waals surface area contributed by atoms with Crippen LogP contribution in [0.3, 0.4) is 0 Å². The molecule has 0 saturated heterocycles. The number of hydrogen-bond donors (Lipinski definition) is 5. The second-order valence-corrected chi connectivity index (χ2v) is 6.18. The van der Waals surface area contributed by atoms with Gasteiger partial charge < -0.3 is 30.6 Å². The maximum absolute atomic E-state index is 12.0. The van der Waals surface area contributed by atoms with Crippen molar-refractivity contribution in [2.45, 2.75) is 51.6 Å². The number of carboxylic acids is 2. The van der Waals surface area contributed by atoms with Gasteiger partial charge in [-0.3, -0.25) is 19.3 Å². The van der Waals surface area contributed by atoms with Crippen LogP contribution in [0.25, 0.3) is 0 Å². The summed E-state index contributed by atoms with van der Waals surface area (Å²) >= 11 is 0. The first-order valence-corrected chi connectivity index (χ1v) is 9.22. The Bertz CT molecular complexity index is 611. The van der Waals surface area contributed by atoms with Gasteiger partial charge in [-0.15, -0.1) is 0 Å². The Labute approximate surface area is 168 Å². The van der Waals surface area contributed by atoms with Crippen LogP contribution in [-0.2, 0) is 14.4 Å². The maximum Gasteiger partial charge on any atom is 0.408 e. The van der Waals surface area contributed by atoms with Crippen LogP contribution in [-0.4, -0.2) is 92.5 Å². The van der Waals surface area contributed by atoms with E-state index in [-0.39, 0.29) is 31.7 Å². The summed E-state index contributed by atoms with van der Waals surface area (Å²) in [7, 11) is 1.41. The monoisotopic (exact) mass is 419 g/mol. The van der Waals surface area contributed by atoms with E-state index in [0.717, 1.165) is 4.90 Å². The first-order valence-electron chi connectivity index (χ1n) is 9.22. The van der Waals surface area contributed by atoms with Gasteiger partial charge in [-0.25, -0.2) is 9.59 Å². The predicted molar refractivity (Wildman–Crippen MR) is 99.7 cm³/mol. The van der Waals surface area contributed by atoms with E-state index >= 15 is 0 Å². The molecular formula is C17H29N3O9. The van der Waals surface area contributed by atoms with Gasteiger partial charge in [0.25, 0.3) is 0 Å². The van der Waals surface area contributed by atoms with E-state index in [1.54, 1.807) is 0 Å². The van der Waals surface area contributed by atoms with Crippen LogP contribution in [0.1, 0.15) is 39.5 Å². The predicted octanol–water partition coefficient (Wildman–Crippen LogP) is 0.815. The molecule has 5 N–H and O–H groups in total. The molecule has 0 radical (unpaired) electrons. The Kier molecular flexibility index (Phi) is 11.1. The first kappa shape index (κ1) is 26.0. The number of rotatable bonds is 8. The van der Waals surface area contributed by atoms with E-state index in [4.69, 9.17) is 10.2 Å². The molecular weight excluding hydrogens is 390 g/mol. The SMILES string of the molecule is CC.CNC(=O)C1CCC(N(CCC(=O)O)C(=O)O)C(N(CC(=O)O)C(=O)O)C1. The topological polar surface area (TPSA) is 185 Å². The van der Waals surface area contributed by atoms with E-state index in [1.807, 2.05) is 13.8 Å². The molecule has 12 heteroatoms. The summed E-state index contributed by atoms with van der Waals surface area (Å²) in [4.78, 5) is 58.4. The van der Waals surface area contributed by atoms with Gasteiger partial charge in [-0.05, 0) is 19.3 Å². The molecule has 1 aliphatic carbocycles. The van der Waals surface area contributed by atoms with Crippen LogP contribution in [0.5, 0.6) is 0 Å². The van der Waals surface area contributed by atoms with Crippen LogP contribution in [0.15, 0.2) is 0 Å². The molecule has 0 aliphatic heterocycles. The van der Waals surface area contributed by atoms with Gasteiger partial charge in [-0.2, -0.15) is 0 Å². The van der Waals surface area contributed by atoms with Crippen molar-refractivity contribution in [2.24, 2.45) is 5.92 Å². The summed E-state index contributed by atoms with van der Waals surface area (Å²) in [6.45, 7) is 2.74. The minimum atomic E-state index is -1.56. The van der Waals surface area contributed by atoms with E-state index < -0.39 is 55.1 Å². The lowest BCUT2D eigenvalue weighted by Gasteiger charge is -2.44. The Morgan fingerprint density at radius 3 is 1.83 bits per heavy atom. The van der Waals surface area contributed by atoms with Gasteiger partial charge in [-0.1, -0.05) is 13.8 Å².